The number of carbonyl (C=O) groups is 1. The van der Waals surface area contributed by atoms with Gasteiger partial charge in [0.2, 0.25) is 5.82 Å². The Morgan fingerprint density at radius 2 is 1.91 bits per heavy atom. The van der Waals surface area contributed by atoms with E-state index in [9.17, 15) is 13.6 Å². The van der Waals surface area contributed by atoms with Crippen LogP contribution < -0.4 is 4.90 Å². The van der Waals surface area contributed by atoms with E-state index in [0.717, 1.165) is 12.8 Å². The normalized spacial score (nSPS) is 17.5. The molecule has 0 spiro atoms. The van der Waals surface area contributed by atoms with E-state index in [1.165, 1.54) is 0 Å². The topological polar surface area (TPSA) is 79.5 Å². The molecule has 1 aromatic carbocycles. The molecule has 0 aliphatic carbocycles. The Morgan fingerprint density at radius 3 is 2.59 bits per heavy atom. The molecular formula is C22H23F4N3O3. The smallest absolute Gasteiger partial charge is 0.374 e. The highest BCUT2D eigenvalue weighted by molar-refractivity contribution is 6.05. The highest BCUT2D eigenvalue weighted by atomic mass is 19.3. The lowest BCUT2D eigenvalue weighted by molar-refractivity contribution is -0.165. The van der Waals surface area contributed by atoms with Gasteiger partial charge in [-0.15, -0.1) is 0 Å². The summed E-state index contributed by atoms with van der Waals surface area (Å²) in [7, 11) is 0. The Balaban J connectivity index is 1.67. The molecule has 3 heterocycles. The van der Waals surface area contributed by atoms with Crippen LogP contribution in [-0.2, 0) is 10.7 Å². The summed E-state index contributed by atoms with van der Waals surface area (Å²) < 4.78 is 62.5. The highest BCUT2D eigenvalue weighted by Gasteiger charge is 2.40. The maximum atomic E-state index is 15.1. The van der Waals surface area contributed by atoms with Crippen molar-refractivity contribution in [3.8, 4) is 0 Å². The first kappa shape index (κ1) is 22.3. The molecule has 2 aromatic heterocycles. The van der Waals surface area contributed by atoms with Crippen molar-refractivity contribution in [3.05, 3.63) is 30.1 Å². The van der Waals surface area contributed by atoms with Gasteiger partial charge in [0.1, 0.15) is 11.1 Å². The van der Waals surface area contributed by atoms with Gasteiger partial charge >= 0.3 is 17.8 Å². The number of hydrogen-bond donors (Lipinski definition) is 1. The summed E-state index contributed by atoms with van der Waals surface area (Å²) in [5.41, 5.74) is 1.15. The molecule has 172 valence electrons. The van der Waals surface area contributed by atoms with Crippen LogP contribution in [0.1, 0.15) is 51.3 Å². The Labute approximate surface area is 181 Å². The molecule has 0 saturated carbocycles. The molecule has 3 aromatic rings. The zero-order chi connectivity index (χ0) is 23.1. The number of aromatic nitrogens is 2. The summed E-state index contributed by atoms with van der Waals surface area (Å²) >= 11 is 0. The van der Waals surface area contributed by atoms with E-state index in [2.05, 4.69) is 9.97 Å². The largest absolute Gasteiger partial charge is 0.477 e. The predicted octanol–water partition coefficient (Wildman–Crippen LogP) is 5.74. The van der Waals surface area contributed by atoms with Gasteiger partial charge in [-0.25, -0.2) is 14.8 Å². The zero-order valence-electron chi connectivity index (χ0n) is 17.5. The first-order valence-electron chi connectivity index (χ1n) is 10.6. The summed E-state index contributed by atoms with van der Waals surface area (Å²) in [6, 6.07) is 7.10. The lowest BCUT2D eigenvalue weighted by atomic mass is 10.1. The molecule has 1 atom stereocenters. The molecule has 1 fully saturated rings. The molecule has 0 radical (unpaired) electrons. The van der Waals surface area contributed by atoms with Gasteiger partial charge in [0, 0.05) is 30.8 Å². The van der Waals surface area contributed by atoms with Gasteiger partial charge in [0.05, 0.1) is 0 Å². The molecule has 0 amide bonds. The third-order valence-electron chi connectivity index (χ3n) is 5.90. The van der Waals surface area contributed by atoms with Crippen LogP contribution in [0.5, 0.6) is 0 Å². The SMILES string of the molecule is C[C@@H]1CCCN1c1nc(C(F)(F)CCCCC(F)(F)C(=O)O)nc2c1oc1ccccc12. The molecular weight excluding hydrogens is 430 g/mol. The van der Waals surface area contributed by atoms with Crippen molar-refractivity contribution in [1.29, 1.82) is 0 Å². The van der Waals surface area contributed by atoms with Gasteiger partial charge in [0.15, 0.2) is 11.4 Å². The molecule has 1 saturated heterocycles. The van der Waals surface area contributed by atoms with Crippen LogP contribution in [-0.4, -0.2) is 39.6 Å². The van der Waals surface area contributed by atoms with Gasteiger partial charge in [-0.1, -0.05) is 12.1 Å². The second-order valence-corrected chi connectivity index (χ2v) is 8.25. The fourth-order valence-corrected chi connectivity index (χ4v) is 4.10. The summed E-state index contributed by atoms with van der Waals surface area (Å²) in [6.45, 7) is 2.64. The third-order valence-corrected chi connectivity index (χ3v) is 5.90. The summed E-state index contributed by atoms with van der Waals surface area (Å²) in [4.78, 5) is 20.7. The van der Waals surface area contributed by atoms with Crippen molar-refractivity contribution in [2.45, 2.75) is 63.3 Å². The Hall–Kier alpha value is -2.91. The fraction of sp³-hybridized carbons (Fsp3) is 0.500. The average Bonchev–Trinajstić information content (AvgIpc) is 3.33. The van der Waals surface area contributed by atoms with E-state index < -0.39 is 36.5 Å². The number of aliphatic carboxylic acids is 1. The van der Waals surface area contributed by atoms with Crippen molar-refractivity contribution in [3.63, 3.8) is 0 Å². The van der Waals surface area contributed by atoms with Crippen LogP contribution in [0.4, 0.5) is 23.4 Å². The Kier molecular flexibility index (Phi) is 5.72. The van der Waals surface area contributed by atoms with E-state index in [1.807, 2.05) is 11.8 Å². The van der Waals surface area contributed by atoms with Crippen LogP contribution in [0.3, 0.4) is 0 Å². The lowest BCUT2D eigenvalue weighted by Gasteiger charge is -2.24. The van der Waals surface area contributed by atoms with Gasteiger partial charge < -0.3 is 14.4 Å². The minimum atomic E-state index is -3.93. The molecule has 4 rings (SSSR count). The number of carboxylic acid groups (broad SMARTS) is 1. The van der Waals surface area contributed by atoms with Crippen LogP contribution >= 0.6 is 0 Å². The maximum absolute atomic E-state index is 15.1. The number of nitrogens with zero attached hydrogens (tertiary/aromatic N) is 3. The second kappa shape index (κ2) is 8.22. The van der Waals surface area contributed by atoms with E-state index in [4.69, 9.17) is 9.52 Å². The minimum absolute atomic E-state index is 0.0982. The van der Waals surface area contributed by atoms with Crippen LogP contribution in [0, 0.1) is 0 Å². The summed E-state index contributed by atoms with van der Waals surface area (Å²) in [5.74, 6) is -10.0. The van der Waals surface area contributed by atoms with Crippen LogP contribution in [0.2, 0.25) is 0 Å². The van der Waals surface area contributed by atoms with Crippen molar-refractivity contribution in [2.24, 2.45) is 0 Å². The Bertz CT molecular complexity index is 1150. The number of carboxylic acids is 1. The molecule has 10 heteroatoms. The van der Waals surface area contributed by atoms with Crippen molar-refractivity contribution < 1.29 is 31.9 Å². The predicted molar refractivity (Wildman–Crippen MR) is 110 cm³/mol. The standard InChI is InChI=1S/C22H23F4N3O3/c1-13-7-6-12-29(13)18-17-16(14-8-2-3-9-15(14)32-17)27-19(28-18)21(23,24)10-4-5-11-22(25,26)20(30)31/h2-3,8-9,13H,4-7,10-12H2,1H3,(H,30,31)/t13-/m1/s1. The molecule has 1 aliphatic rings. The minimum Gasteiger partial charge on any atom is -0.477 e. The number of fused-ring (bicyclic) bond motifs is 3. The molecule has 0 unspecified atom stereocenters. The van der Waals surface area contributed by atoms with Crippen molar-refractivity contribution in [2.75, 3.05) is 11.4 Å². The van der Waals surface area contributed by atoms with Gasteiger partial charge in [0.25, 0.3) is 0 Å². The summed E-state index contributed by atoms with van der Waals surface area (Å²) in [5, 5.41) is 9.06. The van der Waals surface area contributed by atoms with E-state index >= 15 is 8.78 Å². The van der Waals surface area contributed by atoms with Gasteiger partial charge in [-0.3, -0.25) is 0 Å². The van der Waals surface area contributed by atoms with E-state index in [-0.39, 0.29) is 24.4 Å². The first-order chi connectivity index (χ1) is 15.1. The molecule has 1 aliphatic heterocycles. The highest BCUT2D eigenvalue weighted by Crippen LogP contribution is 2.40. The summed E-state index contributed by atoms with van der Waals surface area (Å²) in [6.07, 6.45) is -0.619. The van der Waals surface area contributed by atoms with Crippen molar-refractivity contribution >= 4 is 33.9 Å². The fourth-order valence-electron chi connectivity index (χ4n) is 4.10. The van der Waals surface area contributed by atoms with Crippen LogP contribution in [0.25, 0.3) is 22.1 Å². The number of unbranched alkanes of at least 4 members (excludes halogenated alkanes) is 1. The van der Waals surface area contributed by atoms with E-state index in [1.54, 1.807) is 24.3 Å². The number of rotatable bonds is 8. The van der Waals surface area contributed by atoms with E-state index in [0.29, 0.717) is 28.9 Å². The monoisotopic (exact) mass is 453 g/mol. The number of furan rings is 1. The first-order valence-corrected chi connectivity index (χ1v) is 10.6. The molecule has 32 heavy (non-hydrogen) atoms. The average molecular weight is 453 g/mol. The lowest BCUT2D eigenvalue weighted by Crippen LogP contribution is -2.29. The second-order valence-electron chi connectivity index (χ2n) is 8.25. The number of para-hydroxylation sites is 1. The number of halogens is 4. The quantitative estimate of drug-likeness (QED) is 0.346. The number of benzene rings is 1. The van der Waals surface area contributed by atoms with Crippen molar-refractivity contribution in [1.82, 2.24) is 9.97 Å². The molecule has 0 bridgehead atoms. The number of hydrogen-bond acceptors (Lipinski definition) is 5. The van der Waals surface area contributed by atoms with Gasteiger partial charge in [-0.2, -0.15) is 17.6 Å². The number of alkyl halides is 4. The number of anilines is 1. The molecule has 6 nitrogen and oxygen atoms in total. The third kappa shape index (κ3) is 4.10. The maximum Gasteiger partial charge on any atom is 0.374 e. The van der Waals surface area contributed by atoms with Gasteiger partial charge in [-0.05, 0) is 44.7 Å². The zero-order valence-corrected chi connectivity index (χ0v) is 17.5. The van der Waals surface area contributed by atoms with Crippen LogP contribution in [0.15, 0.2) is 28.7 Å². The molecule has 1 N–H and O–H groups in total. The Morgan fingerprint density at radius 1 is 1.19 bits per heavy atom.